The molecule has 1 saturated heterocycles. The third kappa shape index (κ3) is 4.45. The molecule has 2 N–H and O–H groups in total. The first-order chi connectivity index (χ1) is 9.88. The number of halogens is 1. The highest BCUT2D eigenvalue weighted by atomic mass is 35.5. The number of benzene rings is 1. The van der Waals surface area contributed by atoms with Gasteiger partial charge in [-0.15, -0.1) is 0 Å². The van der Waals surface area contributed by atoms with Crippen molar-refractivity contribution in [1.29, 1.82) is 0 Å². The molecule has 1 aromatic rings. The zero-order valence-corrected chi connectivity index (χ0v) is 13.8. The van der Waals surface area contributed by atoms with Crippen molar-refractivity contribution in [2.45, 2.75) is 52.1 Å². The Hall–Kier alpha value is -1.06. The van der Waals surface area contributed by atoms with E-state index in [1.807, 2.05) is 38.1 Å². The zero-order valence-electron chi connectivity index (χ0n) is 13.1. The molecule has 0 aliphatic carbocycles. The Kier molecular flexibility index (Phi) is 5.28. The summed E-state index contributed by atoms with van der Waals surface area (Å²) in [7, 11) is 0. The molecule has 0 aromatic heterocycles. The minimum absolute atomic E-state index is 0.114. The number of hydrogen-bond acceptors (Lipinski definition) is 2. The van der Waals surface area contributed by atoms with Crippen molar-refractivity contribution in [2.24, 2.45) is 5.41 Å². The highest BCUT2D eigenvalue weighted by Crippen LogP contribution is 2.24. The van der Waals surface area contributed by atoms with E-state index in [1.165, 1.54) is 0 Å². The average molecular weight is 309 g/mol. The van der Waals surface area contributed by atoms with E-state index in [1.54, 1.807) is 0 Å². The molecule has 0 spiro atoms. The van der Waals surface area contributed by atoms with E-state index < -0.39 is 5.41 Å². The predicted molar refractivity (Wildman–Crippen MR) is 87.6 cm³/mol. The van der Waals surface area contributed by atoms with Gasteiger partial charge in [-0.05, 0) is 50.4 Å². The smallest absolute Gasteiger partial charge is 0.226 e. The molecule has 21 heavy (non-hydrogen) atoms. The number of hydrogen-bond donors (Lipinski definition) is 2. The highest BCUT2D eigenvalue weighted by molar-refractivity contribution is 6.30. The third-order valence-corrected chi connectivity index (χ3v) is 4.46. The quantitative estimate of drug-likeness (QED) is 0.897. The van der Waals surface area contributed by atoms with Crippen molar-refractivity contribution in [3.8, 4) is 0 Å². The molecular weight excluding hydrogens is 284 g/mol. The first-order valence-corrected chi connectivity index (χ1v) is 8.05. The summed E-state index contributed by atoms with van der Waals surface area (Å²) < 4.78 is 0. The van der Waals surface area contributed by atoms with Gasteiger partial charge in [-0.2, -0.15) is 0 Å². The molecule has 0 saturated carbocycles. The Morgan fingerprint density at radius 2 is 2.24 bits per heavy atom. The van der Waals surface area contributed by atoms with E-state index in [2.05, 4.69) is 17.6 Å². The molecule has 2 unspecified atom stereocenters. The fourth-order valence-electron chi connectivity index (χ4n) is 2.84. The molecule has 116 valence electrons. The van der Waals surface area contributed by atoms with Crippen LogP contribution in [0.15, 0.2) is 24.3 Å². The molecule has 1 aromatic carbocycles. The van der Waals surface area contributed by atoms with Gasteiger partial charge in [0, 0.05) is 22.5 Å². The van der Waals surface area contributed by atoms with E-state index in [-0.39, 0.29) is 11.9 Å². The molecule has 2 atom stereocenters. The summed E-state index contributed by atoms with van der Waals surface area (Å²) in [4.78, 5) is 12.6. The van der Waals surface area contributed by atoms with Gasteiger partial charge in [-0.25, -0.2) is 0 Å². The lowest BCUT2D eigenvalue weighted by Crippen LogP contribution is -2.54. The maximum Gasteiger partial charge on any atom is 0.226 e. The van der Waals surface area contributed by atoms with Gasteiger partial charge < -0.3 is 10.6 Å². The van der Waals surface area contributed by atoms with Crippen LogP contribution < -0.4 is 10.6 Å². The lowest BCUT2D eigenvalue weighted by molar-refractivity contribution is -0.130. The topological polar surface area (TPSA) is 41.1 Å². The Labute approximate surface area is 132 Å². The normalized spacial score (nSPS) is 22.9. The minimum Gasteiger partial charge on any atom is -0.351 e. The van der Waals surface area contributed by atoms with Crippen LogP contribution in [0.2, 0.25) is 5.02 Å². The number of carbonyl (C=O) groups is 1. The fraction of sp³-hybridized carbons (Fsp3) is 0.588. The monoisotopic (exact) mass is 308 g/mol. The molecule has 1 heterocycles. The van der Waals surface area contributed by atoms with Crippen molar-refractivity contribution in [1.82, 2.24) is 10.6 Å². The van der Waals surface area contributed by atoms with Crippen LogP contribution in [0.5, 0.6) is 0 Å². The third-order valence-electron chi connectivity index (χ3n) is 4.23. The predicted octanol–water partition coefficient (Wildman–Crippen LogP) is 3.17. The minimum atomic E-state index is -0.443. The number of nitrogens with one attached hydrogen (secondary N) is 2. The Morgan fingerprint density at radius 3 is 2.90 bits per heavy atom. The highest BCUT2D eigenvalue weighted by Gasteiger charge is 2.31. The molecule has 0 radical (unpaired) electrons. The molecule has 1 aliphatic rings. The molecule has 2 rings (SSSR count). The molecule has 1 fully saturated rings. The summed E-state index contributed by atoms with van der Waals surface area (Å²) in [6.45, 7) is 7.15. The van der Waals surface area contributed by atoms with Gasteiger partial charge in [0.05, 0.1) is 0 Å². The standard InChI is InChI=1S/C17H25ClN2O/c1-12-15(8-5-9-19-12)20-16(21)17(2,3)11-13-6-4-7-14(18)10-13/h4,6-7,10,12,15,19H,5,8-9,11H2,1-3H3,(H,20,21). The molecule has 3 nitrogen and oxygen atoms in total. The van der Waals surface area contributed by atoms with Crippen LogP contribution in [0, 0.1) is 5.41 Å². The Bertz CT molecular complexity index is 501. The molecule has 0 bridgehead atoms. The summed E-state index contributed by atoms with van der Waals surface area (Å²) >= 11 is 6.02. The Morgan fingerprint density at radius 1 is 1.48 bits per heavy atom. The van der Waals surface area contributed by atoms with Gasteiger partial charge >= 0.3 is 0 Å². The van der Waals surface area contributed by atoms with Crippen LogP contribution in [0.25, 0.3) is 0 Å². The van der Waals surface area contributed by atoms with Gasteiger partial charge in [0.15, 0.2) is 0 Å². The van der Waals surface area contributed by atoms with Crippen molar-refractivity contribution < 1.29 is 4.79 Å². The van der Waals surface area contributed by atoms with Crippen LogP contribution >= 0.6 is 11.6 Å². The van der Waals surface area contributed by atoms with Gasteiger partial charge in [-0.1, -0.05) is 37.6 Å². The fourth-order valence-corrected chi connectivity index (χ4v) is 3.06. The van der Waals surface area contributed by atoms with E-state index in [4.69, 9.17) is 11.6 Å². The molecule has 1 aliphatic heterocycles. The van der Waals surface area contributed by atoms with Gasteiger partial charge in [-0.3, -0.25) is 4.79 Å². The lowest BCUT2D eigenvalue weighted by Gasteiger charge is -2.34. The number of amides is 1. The molecule has 1 amide bonds. The van der Waals surface area contributed by atoms with Gasteiger partial charge in [0.2, 0.25) is 5.91 Å². The maximum absolute atomic E-state index is 12.6. The van der Waals surface area contributed by atoms with E-state index in [0.29, 0.717) is 17.5 Å². The summed E-state index contributed by atoms with van der Waals surface area (Å²) in [5, 5.41) is 7.34. The van der Waals surface area contributed by atoms with E-state index in [0.717, 1.165) is 24.9 Å². The lowest BCUT2D eigenvalue weighted by atomic mass is 9.84. The van der Waals surface area contributed by atoms with Crippen LogP contribution in [-0.4, -0.2) is 24.5 Å². The van der Waals surface area contributed by atoms with Gasteiger partial charge in [0.25, 0.3) is 0 Å². The van der Waals surface area contributed by atoms with E-state index in [9.17, 15) is 4.79 Å². The van der Waals surface area contributed by atoms with Crippen molar-refractivity contribution in [3.63, 3.8) is 0 Å². The second-order valence-corrected chi connectivity index (χ2v) is 7.09. The maximum atomic E-state index is 12.6. The van der Waals surface area contributed by atoms with E-state index >= 15 is 0 Å². The van der Waals surface area contributed by atoms with Crippen molar-refractivity contribution in [3.05, 3.63) is 34.9 Å². The largest absolute Gasteiger partial charge is 0.351 e. The summed E-state index contributed by atoms with van der Waals surface area (Å²) in [5.74, 6) is 0.114. The molecule has 4 heteroatoms. The number of rotatable bonds is 4. The average Bonchev–Trinajstić information content (AvgIpc) is 2.40. The van der Waals surface area contributed by atoms with Crippen LogP contribution in [0.4, 0.5) is 0 Å². The SMILES string of the molecule is CC1NCCCC1NC(=O)C(C)(C)Cc1cccc(Cl)c1. The zero-order chi connectivity index (χ0) is 15.5. The number of piperidine rings is 1. The van der Waals surface area contributed by atoms with Crippen LogP contribution in [0.1, 0.15) is 39.2 Å². The van der Waals surface area contributed by atoms with Crippen LogP contribution in [0.3, 0.4) is 0 Å². The first-order valence-electron chi connectivity index (χ1n) is 7.67. The Balaban J connectivity index is 1.99. The second kappa shape index (κ2) is 6.80. The first kappa shape index (κ1) is 16.3. The summed E-state index contributed by atoms with van der Waals surface area (Å²) in [6, 6.07) is 8.30. The number of carbonyl (C=O) groups excluding carboxylic acids is 1. The summed E-state index contributed by atoms with van der Waals surface area (Å²) in [6.07, 6.45) is 2.85. The second-order valence-electron chi connectivity index (χ2n) is 6.66. The van der Waals surface area contributed by atoms with Crippen LogP contribution in [-0.2, 0) is 11.2 Å². The van der Waals surface area contributed by atoms with Gasteiger partial charge in [0.1, 0.15) is 0 Å². The summed E-state index contributed by atoms with van der Waals surface area (Å²) in [5.41, 5.74) is 0.652. The molecular formula is C17H25ClN2O. The van der Waals surface area contributed by atoms with Crippen molar-refractivity contribution >= 4 is 17.5 Å². The van der Waals surface area contributed by atoms with Crippen molar-refractivity contribution in [2.75, 3.05) is 6.54 Å².